The zero-order chi connectivity index (χ0) is 7.19. The molecule has 0 radical (unpaired) electrons. The third kappa shape index (κ3) is 0.789. The van der Waals surface area contributed by atoms with Crippen LogP contribution in [0.3, 0.4) is 0 Å². The van der Waals surface area contributed by atoms with E-state index in [2.05, 4.69) is 5.32 Å². The standard InChI is InChI=1S/C8H15NO/c1-8(10)3-2-6-4-9-5-7(6)8/h6-7,9-10H,2-5H2,1H3. The minimum absolute atomic E-state index is 0.367. The predicted molar refractivity (Wildman–Crippen MR) is 39.7 cm³/mol. The van der Waals surface area contributed by atoms with E-state index in [-0.39, 0.29) is 5.60 Å². The molecule has 58 valence electrons. The van der Waals surface area contributed by atoms with Gasteiger partial charge in [-0.25, -0.2) is 0 Å². The lowest BCUT2D eigenvalue weighted by Crippen LogP contribution is -2.32. The predicted octanol–water partition coefficient (Wildman–Crippen LogP) is 0.367. The summed E-state index contributed by atoms with van der Waals surface area (Å²) >= 11 is 0. The van der Waals surface area contributed by atoms with E-state index in [9.17, 15) is 5.11 Å². The number of hydrogen-bond acceptors (Lipinski definition) is 2. The Kier molecular flexibility index (Phi) is 1.29. The first kappa shape index (κ1) is 6.62. The zero-order valence-electron chi connectivity index (χ0n) is 6.43. The molecule has 1 aliphatic carbocycles. The first-order chi connectivity index (χ1) is 4.70. The lowest BCUT2D eigenvalue weighted by atomic mass is 9.90. The minimum atomic E-state index is -0.367. The maximum Gasteiger partial charge on any atom is 0.0663 e. The van der Waals surface area contributed by atoms with Gasteiger partial charge in [0.15, 0.2) is 0 Å². The second-order valence-electron chi connectivity index (χ2n) is 3.92. The second kappa shape index (κ2) is 1.95. The first-order valence-electron chi connectivity index (χ1n) is 4.13. The van der Waals surface area contributed by atoms with Crippen molar-refractivity contribution in [3.05, 3.63) is 0 Å². The summed E-state index contributed by atoms with van der Waals surface area (Å²) in [6.45, 7) is 4.13. The summed E-state index contributed by atoms with van der Waals surface area (Å²) in [5, 5.41) is 13.1. The van der Waals surface area contributed by atoms with E-state index >= 15 is 0 Å². The molecule has 0 bridgehead atoms. The van der Waals surface area contributed by atoms with E-state index in [0.717, 1.165) is 25.4 Å². The molecule has 2 nitrogen and oxygen atoms in total. The fourth-order valence-corrected chi connectivity index (χ4v) is 2.43. The summed E-state index contributed by atoms with van der Waals surface area (Å²) in [6, 6.07) is 0. The summed E-state index contributed by atoms with van der Waals surface area (Å²) in [5.74, 6) is 1.29. The minimum Gasteiger partial charge on any atom is -0.390 e. The van der Waals surface area contributed by atoms with Crippen LogP contribution in [0.5, 0.6) is 0 Å². The fourth-order valence-electron chi connectivity index (χ4n) is 2.43. The van der Waals surface area contributed by atoms with Gasteiger partial charge in [-0.2, -0.15) is 0 Å². The second-order valence-corrected chi connectivity index (χ2v) is 3.92. The molecule has 0 aromatic carbocycles. The van der Waals surface area contributed by atoms with Crippen molar-refractivity contribution in [2.75, 3.05) is 13.1 Å². The highest BCUT2D eigenvalue weighted by molar-refractivity contribution is 4.99. The van der Waals surface area contributed by atoms with Crippen molar-refractivity contribution in [2.45, 2.75) is 25.4 Å². The molecule has 2 heteroatoms. The Bertz CT molecular complexity index is 144. The highest BCUT2D eigenvalue weighted by Gasteiger charge is 2.45. The molecular formula is C8H15NO. The van der Waals surface area contributed by atoms with Gasteiger partial charge in [0, 0.05) is 12.5 Å². The zero-order valence-corrected chi connectivity index (χ0v) is 6.43. The summed E-state index contributed by atoms with van der Waals surface area (Å²) < 4.78 is 0. The average Bonchev–Trinajstić information content (AvgIpc) is 2.36. The van der Waals surface area contributed by atoms with Crippen molar-refractivity contribution in [3.63, 3.8) is 0 Å². The summed E-state index contributed by atoms with van der Waals surface area (Å²) in [5.41, 5.74) is -0.367. The van der Waals surface area contributed by atoms with Gasteiger partial charge in [-0.3, -0.25) is 0 Å². The maximum absolute atomic E-state index is 9.82. The van der Waals surface area contributed by atoms with Crippen LogP contribution < -0.4 is 5.32 Å². The fraction of sp³-hybridized carbons (Fsp3) is 1.00. The Labute approximate surface area is 61.6 Å². The van der Waals surface area contributed by atoms with Gasteiger partial charge in [0.25, 0.3) is 0 Å². The van der Waals surface area contributed by atoms with E-state index in [0.29, 0.717) is 5.92 Å². The molecule has 0 amide bonds. The number of rotatable bonds is 0. The van der Waals surface area contributed by atoms with E-state index < -0.39 is 0 Å². The molecule has 3 unspecified atom stereocenters. The Balaban J connectivity index is 2.16. The van der Waals surface area contributed by atoms with Crippen molar-refractivity contribution >= 4 is 0 Å². The summed E-state index contributed by atoms with van der Waals surface area (Å²) in [7, 11) is 0. The average molecular weight is 141 g/mol. The third-order valence-corrected chi connectivity index (χ3v) is 3.16. The van der Waals surface area contributed by atoms with E-state index in [1.54, 1.807) is 0 Å². The molecule has 1 saturated carbocycles. The number of aliphatic hydroxyl groups is 1. The highest BCUT2D eigenvalue weighted by Crippen LogP contribution is 2.41. The van der Waals surface area contributed by atoms with Crippen LogP contribution in [-0.2, 0) is 0 Å². The molecule has 1 aliphatic heterocycles. The van der Waals surface area contributed by atoms with Crippen molar-refractivity contribution < 1.29 is 5.11 Å². The molecule has 10 heavy (non-hydrogen) atoms. The molecule has 0 aromatic rings. The van der Waals surface area contributed by atoms with Gasteiger partial charge in [-0.1, -0.05) is 0 Å². The van der Waals surface area contributed by atoms with Crippen LogP contribution in [0, 0.1) is 11.8 Å². The lowest BCUT2D eigenvalue weighted by molar-refractivity contribution is 0.0218. The van der Waals surface area contributed by atoms with E-state index in [1.807, 2.05) is 6.92 Å². The van der Waals surface area contributed by atoms with Crippen LogP contribution in [-0.4, -0.2) is 23.8 Å². The van der Waals surface area contributed by atoms with Gasteiger partial charge >= 0.3 is 0 Å². The normalized spacial score (nSPS) is 53.4. The van der Waals surface area contributed by atoms with Gasteiger partial charge in [-0.15, -0.1) is 0 Å². The molecule has 0 spiro atoms. The Morgan fingerprint density at radius 1 is 1.50 bits per heavy atom. The molecule has 1 saturated heterocycles. The smallest absolute Gasteiger partial charge is 0.0663 e. The van der Waals surface area contributed by atoms with Gasteiger partial charge < -0.3 is 10.4 Å². The number of nitrogens with one attached hydrogen (secondary N) is 1. The van der Waals surface area contributed by atoms with Gasteiger partial charge in [-0.05, 0) is 32.2 Å². The highest BCUT2D eigenvalue weighted by atomic mass is 16.3. The van der Waals surface area contributed by atoms with E-state index in [1.165, 1.54) is 6.42 Å². The SMILES string of the molecule is CC1(O)CCC2CNCC21. The van der Waals surface area contributed by atoms with Crippen LogP contribution in [0.2, 0.25) is 0 Å². The summed E-state index contributed by atoms with van der Waals surface area (Å²) in [6.07, 6.45) is 2.22. The van der Waals surface area contributed by atoms with Gasteiger partial charge in [0.1, 0.15) is 0 Å². The van der Waals surface area contributed by atoms with Crippen LogP contribution in [0.1, 0.15) is 19.8 Å². The van der Waals surface area contributed by atoms with Crippen LogP contribution >= 0.6 is 0 Å². The number of fused-ring (bicyclic) bond motifs is 1. The Hall–Kier alpha value is -0.0800. The van der Waals surface area contributed by atoms with Crippen LogP contribution in [0.15, 0.2) is 0 Å². The molecule has 2 fully saturated rings. The monoisotopic (exact) mass is 141 g/mol. The Morgan fingerprint density at radius 2 is 2.30 bits per heavy atom. The third-order valence-electron chi connectivity index (χ3n) is 3.16. The van der Waals surface area contributed by atoms with Crippen LogP contribution in [0.25, 0.3) is 0 Å². The van der Waals surface area contributed by atoms with Crippen molar-refractivity contribution in [3.8, 4) is 0 Å². The largest absolute Gasteiger partial charge is 0.390 e. The molecule has 2 N–H and O–H groups in total. The molecule has 2 rings (SSSR count). The molecule has 1 heterocycles. The van der Waals surface area contributed by atoms with E-state index in [4.69, 9.17) is 0 Å². The number of hydrogen-bond donors (Lipinski definition) is 2. The van der Waals surface area contributed by atoms with Crippen molar-refractivity contribution in [2.24, 2.45) is 11.8 Å². The molecule has 0 aromatic heterocycles. The molecule has 2 aliphatic rings. The van der Waals surface area contributed by atoms with Crippen LogP contribution in [0.4, 0.5) is 0 Å². The van der Waals surface area contributed by atoms with Crippen molar-refractivity contribution in [1.29, 1.82) is 0 Å². The molecular weight excluding hydrogens is 126 g/mol. The quantitative estimate of drug-likeness (QED) is 0.510. The van der Waals surface area contributed by atoms with Gasteiger partial charge in [0.05, 0.1) is 5.60 Å². The Morgan fingerprint density at radius 3 is 3.00 bits per heavy atom. The van der Waals surface area contributed by atoms with Crippen molar-refractivity contribution in [1.82, 2.24) is 5.32 Å². The summed E-state index contributed by atoms with van der Waals surface area (Å²) in [4.78, 5) is 0. The first-order valence-corrected chi connectivity index (χ1v) is 4.13. The van der Waals surface area contributed by atoms with Gasteiger partial charge in [0.2, 0.25) is 0 Å². The lowest BCUT2D eigenvalue weighted by Gasteiger charge is -2.23. The topological polar surface area (TPSA) is 32.3 Å². The molecule has 3 atom stereocenters. The maximum atomic E-state index is 9.82.